The van der Waals surface area contributed by atoms with Gasteiger partial charge < -0.3 is 14.9 Å². The molecular formula is C8H11BrClNO3. The predicted molar refractivity (Wildman–Crippen MR) is 57.2 cm³/mol. The Bertz CT molecular complexity index is 324. The highest BCUT2D eigenvalue weighted by Gasteiger charge is 2.34. The Morgan fingerprint density at radius 3 is 2.57 bits per heavy atom. The Balaban J connectivity index is 0.00000169. The van der Waals surface area contributed by atoms with E-state index in [2.05, 4.69) is 20.7 Å². The number of carbonyl (C=O) groups is 1. The van der Waals surface area contributed by atoms with Crippen molar-refractivity contribution >= 4 is 34.3 Å². The maximum absolute atomic E-state index is 11.2. The van der Waals surface area contributed by atoms with Crippen molar-refractivity contribution < 1.29 is 13.9 Å². The van der Waals surface area contributed by atoms with Gasteiger partial charge in [0.05, 0.1) is 7.11 Å². The molecule has 0 aliphatic carbocycles. The van der Waals surface area contributed by atoms with Crippen LogP contribution in [0, 0.1) is 0 Å². The minimum atomic E-state index is -1.24. The molecule has 1 aromatic heterocycles. The highest BCUT2D eigenvalue weighted by atomic mass is 79.9. The number of hydrogen-bond donors (Lipinski definition) is 1. The third kappa shape index (κ3) is 2.50. The molecule has 0 saturated carbocycles. The van der Waals surface area contributed by atoms with Crippen LogP contribution in [0.4, 0.5) is 0 Å². The molecule has 0 aromatic carbocycles. The standard InChI is InChI=1S/C8H10BrNO3.ClH/c1-8(10,7(11)12-2)5-3-4-6(9)13-5;/h3-4H,10H2,1-2H3;1H. The van der Waals surface area contributed by atoms with Crippen LogP contribution < -0.4 is 5.73 Å². The summed E-state index contributed by atoms with van der Waals surface area (Å²) in [6, 6.07) is 3.30. The van der Waals surface area contributed by atoms with Crippen molar-refractivity contribution in [3.05, 3.63) is 22.6 Å². The summed E-state index contributed by atoms with van der Waals surface area (Å²) in [4.78, 5) is 11.2. The molecule has 4 nitrogen and oxygen atoms in total. The molecule has 0 radical (unpaired) electrons. The maximum Gasteiger partial charge on any atom is 0.333 e. The SMILES string of the molecule is COC(=O)C(C)(N)c1ccc(Br)o1.Cl. The third-order valence-electron chi connectivity index (χ3n) is 1.69. The molecule has 1 heterocycles. The molecule has 1 rings (SSSR count). The van der Waals surface area contributed by atoms with E-state index in [4.69, 9.17) is 10.2 Å². The lowest BCUT2D eigenvalue weighted by Crippen LogP contribution is -2.42. The van der Waals surface area contributed by atoms with E-state index < -0.39 is 11.5 Å². The van der Waals surface area contributed by atoms with Crippen molar-refractivity contribution in [1.29, 1.82) is 0 Å². The van der Waals surface area contributed by atoms with Crippen LogP contribution in [0.3, 0.4) is 0 Å². The first kappa shape index (κ1) is 13.5. The van der Waals surface area contributed by atoms with Crippen LogP contribution >= 0.6 is 28.3 Å². The highest BCUT2D eigenvalue weighted by molar-refractivity contribution is 9.10. The van der Waals surface area contributed by atoms with Gasteiger partial charge >= 0.3 is 5.97 Å². The van der Waals surface area contributed by atoms with E-state index in [1.165, 1.54) is 14.0 Å². The number of hydrogen-bond acceptors (Lipinski definition) is 4. The van der Waals surface area contributed by atoms with Gasteiger partial charge in [0.25, 0.3) is 0 Å². The second-order valence-electron chi connectivity index (χ2n) is 2.80. The molecule has 1 aromatic rings. The minimum absolute atomic E-state index is 0. The summed E-state index contributed by atoms with van der Waals surface area (Å²) >= 11 is 3.12. The monoisotopic (exact) mass is 283 g/mol. The number of furan rings is 1. The largest absolute Gasteiger partial charge is 0.467 e. The molecule has 0 aliphatic rings. The molecular weight excluding hydrogens is 273 g/mol. The van der Waals surface area contributed by atoms with E-state index in [1.807, 2.05) is 0 Å². The van der Waals surface area contributed by atoms with Gasteiger partial charge in [-0.2, -0.15) is 0 Å². The predicted octanol–water partition coefficient (Wildman–Crippen LogP) is 1.81. The number of ether oxygens (including phenoxy) is 1. The van der Waals surface area contributed by atoms with Gasteiger partial charge in [-0.05, 0) is 35.0 Å². The van der Waals surface area contributed by atoms with Gasteiger partial charge in [0.1, 0.15) is 5.76 Å². The van der Waals surface area contributed by atoms with E-state index in [9.17, 15) is 4.79 Å². The number of methoxy groups -OCH3 is 1. The second kappa shape index (κ2) is 4.82. The molecule has 1 atom stereocenters. The van der Waals surface area contributed by atoms with Crippen molar-refractivity contribution in [2.24, 2.45) is 5.73 Å². The smallest absolute Gasteiger partial charge is 0.333 e. The van der Waals surface area contributed by atoms with Crippen LogP contribution in [0.15, 0.2) is 21.2 Å². The molecule has 0 bridgehead atoms. The Hall–Kier alpha value is -0.520. The summed E-state index contributed by atoms with van der Waals surface area (Å²) in [5.74, 6) is -0.166. The summed E-state index contributed by atoms with van der Waals surface area (Å²) < 4.78 is 10.2. The quantitative estimate of drug-likeness (QED) is 0.841. The topological polar surface area (TPSA) is 65.5 Å². The average molecular weight is 285 g/mol. The molecule has 6 heteroatoms. The van der Waals surface area contributed by atoms with Crippen LogP contribution in [0.5, 0.6) is 0 Å². The van der Waals surface area contributed by atoms with Crippen LogP contribution in [0.25, 0.3) is 0 Å². The summed E-state index contributed by atoms with van der Waals surface area (Å²) in [6.07, 6.45) is 0. The van der Waals surface area contributed by atoms with Crippen molar-refractivity contribution in [2.45, 2.75) is 12.5 Å². The van der Waals surface area contributed by atoms with Crippen molar-refractivity contribution in [3.8, 4) is 0 Å². The molecule has 1 unspecified atom stereocenters. The van der Waals surface area contributed by atoms with Crippen LogP contribution in [0.1, 0.15) is 12.7 Å². The molecule has 0 fully saturated rings. The zero-order valence-electron chi connectivity index (χ0n) is 7.74. The van der Waals surface area contributed by atoms with Gasteiger partial charge in [-0.3, -0.25) is 0 Å². The molecule has 0 saturated heterocycles. The van der Waals surface area contributed by atoms with Gasteiger partial charge in [-0.1, -0.05) is 0 Å². The molecule has 0 amide bonds. The fourth-order valence-corrected chi connectivity index (χ4v) is 1.21. The zero-order valence-corrected chi connectivity index (χ0v) is 10.1. The van der Waals surface area contributed by atoms with Gasteiger partial charge in [0, 0.05) is 0 Å². The van der Waals surface area contributed by atoms with Gasteiger partial charge in [-0.25, -0.2) is 4.79 Å². The minimum Gasteiger partial charge on any atom is -0.467 e. The van der Waals surface area contributed by atoms with Crippen LogP contribution in [0.2, 0.25) is 0 Å². The van der Waals surface area contributed by atoms with Crippen molar-refractivity contribution in [1.82, 2.24) is 0 Å². The van der Waals surface area contributed by atoms with Gasteiger partial charge in [-0.15, -0.1) is 12.4 Å². The highest BCUT2D eigenvalue weighted by Crippen LogP contribution is 2.24. The molecule has 80 valence electrons. The Kier molecular flexibility index (Phi) is 4.64. The molecule has 0 spiro atoms. The lowest BCUT2D eigenvalue weighted by Gasteiger charge is -2.18. The Labute approximate surface area is 96.3 Å². The van der Waals surface area contributed by atoms with E-state index in [-0.39, 0.29) is 12.4 Å². The Morgan fingerprint density at radius 2 is 2.21 bits per heavy atom. The first-order valence-corrected chi connectivity index (χ1v) is 4.41. The average Bonchev–Trinajstić information content (AvgIpc) is 2.50. The maximum atomic E-state index is 11.2. The Morgan fingerprint density at radius 1 is 1.64 bits per heavy atom. The molecule has 0 aliphatic heterocycles. The lowest BCUT2D eigenvalue weighted by molar-refractivity contribution is -0.147. The third-order valence-corrected chi connectivity index (χ3v) is 2.12. The summed E-state index contributed by atoms with van der Waals surface area (Å²) in [5.41, 5.74) is 4.48. The van der Waals surface area contributed by atoms with Crippen LogP contribution in [-0.4, -0.2) is 13.1 Å². The fourth-order valence-electron chi connectivity index (χ4n) is 0.906. The van der Waals surface area contributed by atoms with Gasteiger partial charge in [0.2, 0.25) is 0 Å². The van der Waals surface area contributed by atoms with Crippen molar-refractivity contribution in [3.63, 3.8) is 0 Å². The van der Waals surface area contributed by atoms with Gasteiger partial charge in [0.15, 0.2) is 10.2 Å². The van der Waals surface area contributed by atoms with E-state index >= 15 is 0 Å². The fraction of sp³-hybridized carbons (Fsp3) is 0.375. The first-order valence-electron chi connectivity index (χ1n) is 3.61. The van der Waals surface area contributed by atoms with Crippen molar-refractivity contribution in [2.75, 3.05) is 7.11 Å². The first-order chi connectivity index (χ1) is 5.98. The van der Waals surface area contributed by atoms with E-state index in [0.29, 0.717) is 10.4 Å². The van der Waals surface area contributed by atoms with E-state index in [1.54, 1.807) is 12.1 Å². The molecule has 2 N–H and O–H groups in total. The number of nitrogens with two attached hydrogens (primary N) is 1. The summed E-state index contributed by atoms with van der Waals surface area (Å²) in [6.45, 7) is 1.53. The number of esters is 1. The second-order valence-corrected chi connectivity index (χ2v) is 3.58. The summed E-state index contributed by atoms with van der Waals surface area (Å²) in [7, 11) is 1.28. The zero-order chi connectivity index (χ0) is 10.1. The number of halogens is 2. The number of carbonyl (C=O) groups excluding carboxylic acids is 1. The van der Waals surface area contributed by atoms with E-state index in [0.717, 1.165) is 0 Å². The lowest BCUT2D eigenvalue weighted by atomic mass is 10.0. The van der Waals surface area contributed by atoms with Crippen LogP contribution in [-0.2, 0) is 15.1 Å². The normalized spacial score (nSPS) is 14.0. The summed E-state index contributed by atoms with van der Waals surface area (Å²) in [5, 5.41) is 0. The molecule has 14 heavy (non-hydrogen) atoms. The number of rotatable bonds is 2.